The Morgan fingerprint density at radius 3 is 2.66 bits per heavy atom. The molecule has 0 atom stereocenters. The number of carbonyl (C=O) groups excluding carboxylic acids is 1. The molecule has 2 heterocycles. The van der Waals surface area contributed by atoms with Gasteiger partial charge in [0.15, 0.2) is 0 Å². The standard InChI is InChI=1S/C25H19Cl2N7O/c26-20-11-10-18(22(27)12-20)14-33-15-19(21-8-4-5-9-23(21)33)13-28-29-24(35)16-34-31-25(30-32-34)17-6-2-1-3-7-17/h1-13,15H,14,16H2,(H,29,35)/b28-13-. The van der Waals surface area contributed by atoms with E-state index in [4.69, 9.17) is 23.2 Å². The maximum Gasteiger partial charge on any atom is 0.263 e. The van der Waals surface area contributed by atoms with Gasteiger partial charge in [-0.1, -0.05) is 77.8 Å². The van der Waals surface area contributed by atoms with Crippen molar-refractivity contribution >= 4 is 46.2 Å². The number of amides is 1. The molecule has 0 saturated carbocycles. The topological polar surface area (TPSA) is 90.0 Å². The Morgan fingerprint density at radius 2 is 1.83 bits per heavy atom. The fraction of sp³-hybridized carbons (Fsp3) is 0.0800. The van der Waals surface area contributed by atoms with Crippen molar-refractivity contribution in [3.05, 3.63) is 100 Å². The third-order valence-corrected chi connectivity index (χ3v) is 5.92. The predicted octanol–water partition coefficient (Wildman–Crippen LogP) is 4.80. The molecule has 8 nitrogen and oxygen atoms in total. The van der Waals surface area contributed by atoms with E-state index in [9.17, 15) is 4.79 Å². The number of benzene rings is 3. The summed E-state index contributed by atoms with van der Waals surface area (Å²) in [6, 6.07) is 22.9. The number of rotatable bonds is 7. The highest BCUT2D eigenvalue weighted by molar-refractivity contribution is 6.35. The van der Waals surface area contributed by atoms with Crippen LogP contribution in [0.1, 0.15) is 11.1 Å². The first-order chi connectivity index (χ1) is 17.1. The van der Waals surface area contributed by atoms with Gasteiger partial charge in [-0.2, -0.15) is 9.90 Å². The van der Waals surface area contributed by atoms with E-state index in [-0.39, 0.29) is 12.5 Å². The Bertz CT molecular complexity index is 1530. The highest BCUT2D eigenvalue weighted by Gasteiger charge is 2.11. The van der Waals surface area contributed by atoms with Crippen LogP contribution in [0.5, 0.6) is 0 Å². The molecule has 0 radical (unpaired) electrons. The SMILES string of the molecule is O=C(Cn1nnc(-c2ccccc2)n1)N/N=C\c1cn(Cc2ccc(Cl)cc2Cl)c2ccccc12. The molecule has 5 aromatic rings. The number of nitrogens with zero attached hydrogens (tertiary/aromatic N) is 6. The van der Waals surface area contributed by atoms with E-state index in [0.29, 0.717) is 22.4 Å². The highest BCUT2D eigenvalue weighted by atomic mass is 35.5. The first kappa shape index (κ1) is 22.8. The Labute approximate surface area is 210 Å². The number of tetrazole rings is 1. The number of carbonyl (C=O) groups is 1. The van der Waals surface area contributed by atoms with Gasteiger partial charge in [0, 0.05) is 44.8 Å². The van der Waals surface area contributed by atoms with E-state index in [1.165, 1.54) is 4.80 Å². The van der Waals surface area contributed by atoms with Crippen LogP contribution in [0.3, 0.4) is 0 Å². The zero-order valence-electron chi connectivity index (χ0n) is 18.3. The zero-order valence-corrected chi connectivity index (χ0v) is 19.9. The molecule has 0 aliphatic rings. The van der Waals surface area contributed by atoms with Crippen molar-refractivity contribution in [3.63, 3.8) is 0 Å². The third kappa shape index (κ3) is 5.24. The minimum absolute atomic E-state index is 0.103. The first-order valence-corrected chi connectivity index (χ1v) is 11.5. The zero-order chi connectivity index (χ0) is 24.2. The normalized spacial score (nSPS) is 11.4. The van der Waals surface area contributed by atoms with Crippen LogP contribution in [-0.4, -0.2) is 36.9 Å². The van der Waals surface area contributed by atoms with Crippen LogP contribution in [0.25, 0.3) is 22.3 Å². The van der Waals surface area contributed by atoms with Gasteiger partial charge in [-0.05, 0) is 29.0 Å². The van der Waals surface area contributed by atoms with Crippen LogP contribution in [0, 0.1) is 0 Å². The Balaban J connectivity index is 1.28. The summed E-state index contributed by atoms with van der Waals surface area (Å²) in [7, 11) is 0. The van der Waals surface area contributed by atoms with Gasteiger partial charge >= 0.3 is 0 Å². The third-order valence-electron chi connectivity index (χ3n) is 5.34. The van der Waals surface area contributed by atoms with E-state index in [1.54, 1.807) is 12.3 Å². The summed E-state index contributed by atoms with van der Waals surface area (Å²) in [4.78, 5) is 13.6. The highest BCUT2D eigenvalue weighted by Crippen LogP contribution is 2.25. The quantitative estimate of drug-likeness (QED) is 0.255. The van der Waals surface area contributed by atoms with Gasteiger partial charge in [0.05, 0.1) is 6.21 Å². The van der Waals surface area contributed by atoms with Gasteiger partial charge in [0.2, 0.25) is 5.82 Å². The molecular formula is C25H19Cl2N7O. The number of para-hydroxylation sites is 1. The van der Waals surface area contributed by atoms with E-state index in [2.05, 4.69) is 30.5 Å². The number of hydrazone groups is 1. The Kier molecular flexibility index (Phi) is 6.56. The summed E-state index contributed by atoms with van der Waals surface area (Å²) >= 11 is 12.4. The molecule has 0 spiro atoms. The van der Waals surface area contributed by atoms with Gasteiger partial charge in [-0.15, -0.1) is 10.2 Å². The summed E-state index contributed by atoms with van der Waals surface area (Å²) in [5.74, 6) is 0.0884. The van der Waals surface area contributed by atoms with Crippen LogP contribution in [0.2, 0.25) is 10.0 Å². The Morgan fingerprint density at radius 1 is 1.03 bits per heavy atom. The van der Waals surface area contributed by atoms with Gasteiger partial charge < -0.3 is 4.57 Å². The predicted molar refractivity (Wildman–Crippen MR) is 136 cm³/mol. The Hall–Kier alpha value is -4.01. The molecule has 174 valence electrons. The molecule has 0 unspecified atom stereocenters. The lowest BCUT2D eigenvalue weighted by Gasteiger charge is -2.08. The summed E-state index contributed by atoms with van der Waals surface area (Å²) in [5.41, 5.74) is 6.18. The molecular weight excluding hydrogens is 485 g/mol. The molecule has 10 heteroatoms. The fourth-order valence-corrected chi connectivity index (χ4v) is 4.16. The molecule has 3 aromatic carbocycles. The van der Waals surface area contributed by atoms with Crippen LogP contribution in [-0.2, 0) is 17.9 Å². The second-order valence-corrected chi connectivity index (χ2v) is 8.61. The molecule has 0 saturated heterocycles. The lowest BCUT2D eigenvalue weighted by atomic mass is 10.2. The van der Waals surface area contributed by atoms with Crippen LogP contribution in [0.4, 0.5) is 0 Å². The van der Waals surface area contributed by atoms with Crippen LogP contribution < -0.4 is 5.43 Å². The number of aromatic nitrogens is 5. The van der Waals surface area contributed by atoms with Gasteiger partial charge in [0.1, 0.15) is 6.54 Å². The van der Waals surface area contributed by atoms with Gasteiger partial charge in [-0.25, -0.2) is 5.43 Å². The second-order valence-electron chi connectivity index (χ2n) is 7.77. The summed E-state index contributed by atoms with van der Waals surface area (Å²) in [6.45, 7) is 0.465. The summed E-state index contributed by atoms with van der Waals surface area (Å²) < 4.78 is 2.08. The molecule has 1 N–H and O–H groups in total. The minimum Gasteiger partial charge on any atom is -0.342 e. The van der Waals surface area contributed by atoms with E-state index >= 15 is 0 Å². The molecule has 0 bridgehead atoms. The van der Waals surface area contributed by atoms with Crippen molar-refractivity contribution in [2.45, 2.75) is 13.1 Å². The maximum absolute atomic E-state index is 12.3. The maximum atomic E-state index is 12.3. The molecule has 1 amide bonds. The van der Waals surface area contributed by atoms with E-state index < -0.39 is 0 Å². The van der Waals surface area contributed by atoms with E-state index in [0.717, 1.165) is 27.6 Å². The number of hydrogen-bond acceptors (Lipinski definition) is 5. The molecule has 5 rings (SSSR count). The van der Waals surface area contributed by atoms with Crippen molar-refractivity contribution in [2.24, 2.45) is 5.10 Å². The smallest absolute Gasteiger partial charge is 0.263 e. The molecule has 2 aromatic heterocycles. The van der Waals surface area contributed by atoms with E-state index in [1.807, 2.05) is 72.9 Å². The largest absolute Gasteiger partial charge is 0.342 e. The monoisotopic (exact) mass is 503 g/mol. The molecule has 0 aliphatic heterocycles. The van der Waals surface area contributed by atoms with Crippen molar-refractivity contribution < 1.29 is 4.79 Å². The van der Waals surface area contributed by atoms with Crippen molar-refractivity contribution in [3.8, 4) is 11.4 Å². The lowest BCUT2D eigenvalue weighted by Crippen LogP contribution is -2.24. The lowest BCUT2D eigenvalue weighted by molar-refractivity contribution is -0.122. The number of nitrogens with one attached hydrogen (secondary N) is 1. The van der Waals surface area contributed by atoms with Crippen molar-refractivity contribution in [1.82, 2.24) is 30.2 Å². The van der Waals surface area contributed by atoms with Gasteiger partial charge in [-0.3, -0.25) is 4.79 Å². The second kappa shape index (κ2) is 10.1. The average molecular weight is 504 g/mol. The number of fused-ring (bicyclic) bond motifs is 1. The number of halogens is 2. The van der Waals surface area contributed by atoms with Crippen molar-refractivity contribution in [2.75, 3.05) is 0 Å². The fourth-order valence-electron chi connectivity index (χ4n) is 3.69. The first-order valence-electron chi connectivity index (χ1n) is 10.7. The van der Waals surface area contributed by atoms with Crippen LogP contribution >= 0.6 is 23.2 Å². The van der Waals surface area contributed by atoms with Crippen LogP contribution in [0.15, 0.2) is 84.1 Å². The minimum atomic E-state index is -0.366. The summed E-state index contributed by atoms with van der Waals surface area (Å²) in [6.07, 6.45) is 3.58. The van der Waals surface area contributed by atoms with Gasteiger partial charge in [0.25, 0.3) is 5.91 Å². The molecule has 0 aliphatic carbocycles. The number of hydrogen-bond donors (Lipinski definition) is 1. The molecule has 0 fully saturated rings. The molecule has 35 heavy (non-hydrogen) atoms. The van der Waals surface area contributed by atoms with Crippen molar-refractivity contribution in [1.29, 1.82) is 0 Å². The average Bonchev–Trinajstić information content (AvgIpc) is 3.47. The summed E-state index contributed by atoms with van der Waals surface area (Å²) in [5, 5.41) is 18.5.